The van der Waals surface area contributed by atoms with Gasteiger partial charge in [0.15, 0.2) is 5.82 Å². The second kappa shape index (κ2) is 3.85. The molecule has 0 atom stereocenters. The molecule has 3 rings (SSSR count). The third-order valence-electron chi connectivity index (χ3n) is 2.53. The second-order valence-electron chi connectivity index (χ2n) is 3.73. The van der Waals surface area contributed by atoms with Gasteiger partial charge >= 0.3 is 0 Å². The average Bonchev–Trinajstić information content (AvgIpc) is 2.94. The maximum Gasteiger partial charge on any atom is 0.166 e. The molecule has 1 N–H and O–H groups in total. The highest BCUT2D eigenvalue weighted by atomic mass is 32.1. The van der Waals surface area contributed by atoms with Crippen LogP contribution in [0.5, 0.6) is 0 Å². The Morgan fingerprint density at radius 2 is 2.24 bits per heavy atom. The molecule has 0 aliphatic carbocycles. The highest BCUT2D eigenvalue weighted by Gasteiger charge is 2.11. The molecule has 4 nitrogen and oxygen atoms in total. The fraction of sp³-hybridized carbons (Fsp3) is 0.167. The molecule has 0 amide bonds. The van der Waals surface area contributed by atoms with E-state index in [1.807, 2.05) is 13.1 Å². The predicted molar refractivity (Wildman–Crippen MR) is 69.4 cm³/mol. The lowest BCUT2D eigenvalue weighted by atomic mass is 10.3. The van der Waals surface area contributed by atoms with Gasteiger partial charge in [0.2, 0.25) is 0 Å². The molecule has 0 bridgehead atoms. The summed E-state index contributed by atoms with van der Waals surface area (Å²) in [5.41, 5.74) is 0.898. The van der Waals surface area contributed by atoms with E-state index in [0.29, 0.717) is 5.82 Å². The molecule has 0 spiro atoms. The van der Waals surface area contributed by atoms with E-state index < -0.39 is 0 Å². The van der Waals surface area contributed by atoms with Crippen LogP contribution >= 0.6 is 11.3 Å². The number of aryl methyl sites for hydroxylation is 1. The van der Waals surface area contributed by atoms with Gasteiger partial charge in [0.25, 0.3) is 0 Å². The normalized spacial score (nSPS) is 10.9. The van der Waals surface area contributed by atoms with Crippen molar-refractivity contribution in [3.8, 4) is 11.4 Å². The number of thiophene rings is 1. The Kier molecular flexibility index (Phi) is 2.33. The van der Waals surface area contributed by atoms with Crippen LogP contribution in [0.1, 0.15) is 4.88 Å². The zero-order chi connectivity index (χ0) is 11.8. The largest absolute Gasteiger partial charge is 0.472 e. The lowest BCUT2D eigenvalue weighted by molar-refractivity contribution is 0.568. The Balaban J connectivity index is 2.28. The number of hydrogen-bond acceptors (Lipinski definition) is 5. The molecule has 0 saturated heterocycles. The quantitative estimate of drug-likeness (QED) is 0.752. The molecule has 86 valence electrons. The van der Waals surface area contributed by atoms with Crippen LogP contribution in [-0.4, -0.2) is 17.0 Å². The van der Waals surface area contributed by atoms with Crippen molar-refractivity contribution in [2.45, 2.75) is 6.92 Å². The van der Waals surface area contributed by atoms with Gasteiger partial charge in [-0.3, -0.25) is 0 Å². The number of nitrogens with zero attached hydrogens (tertiary/aromatic N) is 2. The Morgan fingerprint density at radius 1 is 1.35 bits per heavy atom. The van der Waals surface area contributed by atoms with Crippen molar-refractivity contribution in [2.75, 3.05) is 12.4 Å². The van der Waals surface area contributed by atoms with Crippen molar-refractivity contribution in [3.63, 3.8) is 0 Å². The Labute approximate surface area is 102 Å². The molecule has 0 aromatic carbocycles. The summed E-state index contributed by atoms with van der Waals surface area (Å²) >= 11 is 1.67. The molecule has 3 aromatic heterocycles. The number of aromatic nitrogens is 2. The number of rotatable bonds is 2. The lowest BCUT2D eigenvalue weighted by Gasteiger charge is -2.03. The summed E-state index contributed by atoms with van der Waals surface area (Å²) in [6, 6.07) is 3.96. The standard InChI is InChI=1S/C12H11N3OS/c1-7-5-9-11(13-2)14-10(15-12(9)17-7)8-3-4-16-6-8/h3-6H,1-2H3,(H,13,14,15). The topological polar surface area (TPSA) is 51.0 Å². The minimum Gasteiger partial charge on any atom is -0.472 e. The van der Waals surface area contributed by atoms with E-state index in [9.17, 15) is 0 Å². The SMILES string of the molecule is CNc1nc(-c2ccoc2)nc2sc(C)cc12. The van der Waals surface area contributed by atoms with Crippen molar-refractivity contribution >= 4 is 27.4 Å². The maximum absolute atomic E-state index is 5.06. The van der Waals surface area contributed by atoms with Crippen LogP contribution < -0.4 is 5.32 Å². The first-order valence-electron chi connectivity index (χ1n) is 5.26. The van der Waals surface area contributed by atoms with Gasteiger partial charge in [0.05, 0.1) is 17.2 Å². The first-order chi connectivity index (χ1) is 8.28. The van der Waals surface area contributed by atoms with Gasteiger partial charge in [-0.2, -0.15) is 0 Å². The van der Waals surface area contributed by atoms with E-state index in [2.05, 4.69) is 28.3 Å². The van der Waals surface area contributed by atoms with Crippen LogP contribution in [0.2, 0.25) is 0 Å². The molecule has 3 aromatic rings. The van der Waals surface area contributed by atoms with E-state index in [1.54, 1.807) is 23.9 Å². The Hall–Kier alpha value is -1.88. The first kappa shape index (κ1) is 10.3. The number of anilines is 1. The Bertz CT molecular complexity index is 658. The molecule has 0 aliphatic heterocycles. The van der Waals surface area contributed by atoms with Gasteiger partial charge in [0, 0.05) is 11.9 Å². The summed E-state index contributed by atoms with van der Waals surface area (Å²) in [6.07, 6.45) is 3.28. The highest BCUT2D eigenvalue weighted by molar-refractivity contribution is 7.18. The minimum atomic E-state index is 0.692. The van der Waals surface area contributed by atoms with E-state index >= 15 is 0 Å². The minimum absolute atomic E-state index is 0.692. The fourth-order valence-corrected chi connectivity index (χ4v) is 2.63. The summed E-state index contributed by atoms with van der Waals surface area (Å²) in [5, 5.41) is 4.18. The second-order valence-corrected chi connectivity index (χ2v) is 4.97. The monoisotopic (exact) mass is 245 g/mol. The molecular formula is C12H11N3OS. The van der Waals surface area contributed by atoms with Crippen molar-refractivity contribution in [2.24, 2.45) is 0 Å². The van der Waals surface area contributed by atoms with Gasteiger partial charge in [-0.25, -0.2) is 9.97 Å². The van der Waals surface area contributed by atoms with E-state index in [1.165, 1.54) is 4.88 Å². The number of fused-ring (bicyclic) bond motifs is 1. The summed E-state index contributed by atoms with van der Waals surface area (Å²) in [7, 11) is 1.87. The third kappa shape index (κ3) is 1.68. The van der Waals surface area contributed by atoms with E-state index in [-0.39, 0.29) is 0 Å². The fourth-order valence-electron chi connectivity index (χ4n) is 1.75. The highest BCUT2D eigenvalue weighted by Crippen LogP contribution is 2.30. The molecule has 3 heterocycles. The zero-order valence-electron chi connectivity index (χ0n) is 9.52. The van der Waals surface area contributed by atoms with Crippen LogP contribution in [-0.2, 0) is 0 Å². The van der Waals surface area contributed by atoms with Crippen LogP contribution in [0.25, 0.3) is 21.6 Å². The lowest BCUT2D eigenvalue weighted by Crippen LogP contribution is -1.96. The van der Waals surface area contributed by atoms with Gasteiger partial charge < -0.3 is 9.73 Å². The molecule has 0 saturated carbocycles. The van der Waals surface area contributed by atoms with Crippen molar-refractivity contribution in [1.29, 1.82) is 0 Å². The number of nitrogens with one attached hydrogen (secondary N) is 1. The summed E-state index contributed by atoms with van der Waals surface area (Å²) in [6.45, 7) is 2.07. The Morgan fingerprint density at radius 3 is 2.94 bits per heavy atom. The van der Waals surface area contributed by atoms with Gasteiger partial charge in [-0.05, 0) is 19.1 Å². The molecule has 5 heteroatoms. The molecule has 0 unspecified atom stereocenters. The van der Waals surface area contributed by atoms with Crippen LogP contribution in [0.4, 0.5) is 5.82 Å². The van der Waals surface area contributed by atoms with Gasteiger partial charge in [-0.15, -0.1) is 11.3 Å². The third-order valence-corrected chi connectivity index (χ3v) is 3.48. The van der Waals surface area contributed by atoms with Gasteiger partial charge in [0.1, 0.15) is 16.9 Å². The predicted octanol–water partition coefficient (Wildman–Crippen LogP) is 3.30. The van der Waals surface area contributed by atoms with E-state index in [0.717, 1.165) is 21.6 Å². The summed E-state index contributed by atoms with van der Waals surface area (Å²) in [4.78, 5) is 11.3. The molecule has 0 aliphatic rings. The van der Waals surface area contributed by atoms with Gasteiger partial charge in [-0.1, -0.05) is 0 Å². The van der Waals surface area contributed by atoms with Crippen molar-refractivity contribution < 1.29 is 4.42 Å². The van der Waals surface area contributed by atoms with Crippen molar-refractivity contribution in [3.05, 3.63) is 29.5 Å². The molecule has 17 heavy (non-hydrogen) atoms. The zero-order valence-corrected chi connectivity index (χ0v) is 10.3. The summed E-state index contributed by atoms with van der Waals surface area (Å²) < 4.78 is 5.06. The van der Waals surface area contributed by atoms with Crippen LogP contribution in [0.3, 0.4) is 0 Å². The van der Waals surface area contributed by atoms with E-state index in [4.69, 9.17) is 4.42 Å². The number of hydrogen-bond donors (Lipinski definition) is 1. The maximum atomic E-state index is 5.06. The number of furan rings is 1. The van der Waals surface area contributed by atoms with Crippen molar-refractivity contribution in [1.82, 2.24) is 9.97 Å². The molecule has 0 radical (unpaired) electrons. The molecule has 0 fully saturated rings. The smallest absolute Gasteiger partial charge is 0.166 e. The van der Waals surface area contributed by atoms with Crippen LogP contribution in [0.15, 0.2) is 29.1 Å². The summed E-state index contributed by atoms with van der Waals surface area (Å²) in [5.74, 6) is 1.55. The van der Waals surface area contributed by atoms with Crippen LogP contribution in [0, 0.1) is 6.92 Å². The average molecular weight is 245 g/mol. The molecular weight excluding hydrogens is 234 g/mol. The first-order valence-corrected chi connectivity index (χ1v) is 6.08.